The highest BCUT2D eigenvalue weighted by Gasteiger charge is 2.24. The normalized spacial score (nSPS) is 13.7. The smallest absolute Gasteiger partial charge is 0.298 e. The van der Waals surface area contributed by atoms with Gasteiger partial charge in [-0.05, 0) is 6.42 Å². The first kappa shape index (κ1) is 9.49. The van der Waals surface area contributed by atoms with Crippen molar-refractivity contribution in [1.29, 1.82) is 0 Å². The van der Waals surface area contributed by atoms with Gasteiger partial charge in [0.2, 0.25) is 5.78 Å². The highest BCUT2D eigenvalue weighted by molar-refractivity contribution is 5.85. The molecule has 10 heavy (non-hydrogen) atoms. The summed E-state index contributed by atoms with van der Waals surface area (Å²) in [5.41, 5.74) is 0. The van der Waals surface area contributed by atoms with Gasteiger partial charge in [-0.25, -0.2) is 8.78 Å². The molecule has 1 unspecified atom stereocenters. The van der Waals surface area contributed by atoms with E-state index < -0.39 is 18.3 Å². The molecule has 0 amide bonds. The molecule has 0 aliphatic heterocycles. The molecule has 0 aliphatic rings. The predicted molar refractivity (Wildman–Crippen MR) is 32.1 cm³/mol. The molecule has 0 aromatic heterocycles. The summed E-state index contributed by atoms with van der Waals surface area (Å²) in [6, 6.07) is 0. The van der Waals surface area contributed by atoms with Gasteiger partial charge < -0.3 is 4.74 Å². The summed E-state index contributed by atoms with van der Waals surface area (Å²) >= 11 is 0. The van der Waals surface area contributed by atoms with Crippen LogP contribution in [0.1, 0.15) is 13.3 Å². The fourth-order valence-electron chi connectivity index (χ4n) is 0.625. The Bertz CT molecular complexity index is 110. The van der Waals surface area contributed by atoms with Crippen LogP contribution in [-0.4, -0.2) is 25.4 Å². The van der Waals surface area contributed by atoms with E-state index in [4.69, 9.17) is 0 Å². The predicted octanol–water partition coefficient (Wildman–Crippen LogP) is 1.25. The molecule has 0 saturated carbocycles. The Morgan fingerprint density at radius 3 is 2.20 bits per heavy atom. The minimum atomic E-state index is -2.91. The zero-order valence-corrected chi connectivity index (χ0v) is 5.93. The lowest BCUT2D eigenvalue weighted by atomic mass is 10.2. The van der Waals surface area contributed by atoms with Crippen molar-refractivity contribution in [2.75, 3.05) is 7.11 Å². The molecule has 0 aromatic rings. The Balaban J connectivity index is 3.89. The number of hydrogen-bond acceptors (Lipinski definition) is 2. The van der Waals surface area contributed by atoms with Crippen LogP contribution in [0.3, 0.4) is 0 Å². The Hall–Kier alpha value is -0.510. The number of alkyl halides is 2. The van der Waals surface area contributed by atoms with Crippen molar-refractivity contribution >= 4 is 5.78 Å². The highest BCUT2D eigenvalue weighted by Crippen LogP contribution is 2.04. The topological polar surface area (TPSA) is 26.3 Å². The third-order valence-electron chi connectivity index (χ3n) is 1.19. The number of hydrogen-bond donors (Lipinski definition) is 0. The molecule has 1 atom stereocenters. The summed E-state index contributed by atoms with van der Waals surface area (Å²) in [6.45, 7) is 1.62. The fourth-order valence-corrected chi connectivity index (χ4v) is 0.625. The van der Waals surface area contributed by atoms with Crippen LogP contribution in [0.2, 0.25) is 0 Å². The average molecular weight is 152 g/mol. The van der Waals surface area contributed by atoms with E-state index in [1.54, 1.807) is 6.92 Å². The van der Waals surface area contributed by atoms with Gasteiger partial charge in [-0.2, -0.15) is 0 Å². The molecule has 0 fully saturated rings. The van der Waals surface area contributed by atoms with E-state index in [0.29, 0.717) is 6.42 Å². The molecule has 0 aliphatic carbocycles. The van der Waals surface area contributed by atoms with Gasteiger partial charge in [0.15, 0.2) is 0 Å². The minimum absolute atomic E-state index is 0.291. The van der Waals surface area contributed by atoms with Gasteiger partial charge in [-0.1, -0.05) is 6.92 Å². The van der Waals surface area contributed by atoms with Crippen LogP contribution in [0.5, 0.6) is 0 Å². The summed E-state index contributed by atoms with van der Waals surface area (Å²) in [5.74, 6) is -1.13. The molecule has 60 valence electrons. The second-order valence-corrected chi connectivity index (χ2v) is 1.84. The molecule has 2 nitrogen and oxygen atoms in total. The van der Waals surface area contributed by atoms with Crippen LogP contribution in [-0.2, 0) is 9.53 Å². The molecule has 0 bridgehead atoms. The number of methoxy groups -OCH3 is 1. The van der Waals surface area contributed by atoms with Gasteiger partial charge in [0.1, 0.15) is 6.10 Å². The van der Waals surface area contributed by atoms with Crippen molar-refractivity contribution in [2.24, 2.45) is 0 Å². The van der Waals surface area contributed by atoms with Crippen LogP contribution in [0, 0.1) is 0 Å². The maximum Gasteiger partial charge on any atom is 0.298 e. The van der Waals surface area contributed by atoms with E-state index >= 15 is 0 Å². The largest absolute Gasteiger partial charge is 0.373 e. The number of ether oxygens (including phenoxy) is 1. The number of carbonyl (C=O) groups is 1. The average Bonchev–Trinajstić information content (AvgIpc) is 1.90. The summed E-state index contributed by atoms with van der Waals surface area (Å²) < 4.78 is 27.7. The van der Waals surface area contributed by atoms with Crippen LogP contribution in [0.15, 0.2) is 0 Å². The molecular formula is C6H10F2O2. The maximum atomic E-state index is 11.6. The Morgan fingerprint density at radius 1 is 1.60 bits per heavy atom. The molecule has 0 rings (SSSR count). The number of Topliss-reactive ketones (excluding diaryl/α,β-unsaturated/α-hetero) is 1. The maximum absolute atomic E-state index is 11.6. The summed E-state index contributed by atoms with van der Waals surface area (Å²) in [5, 5.41) is 0. The van der Waals surface area contributed by atoms with E-state index in [1.165, 1.54) is 7.11 Å². The van der Waals surface area contributed by atoms with Crippen molar-refractivity contribution in [3.63, 3.8) is 0 Å². The van der Waals surface area contributed by atoms with E-state index in [0.717, 1.165) is 0 Å². The minimum Gasteiger partial charge on any atom is -0.373 e. The number of rotatable bonds is 4. The second kappa shape index (κ2) is 4.33. The second-order valence-electron chi connectivity index (χ2n) is 1.84. The Kier molecular flexibility index (Phi) is 4.11. The first-order valence-corrected chi connectivity index (χ1v) is 2.98. The first-order valence-electron chi connectivity index (χ1n) is 2.98. The molecule has 0 aromatic carbocycles. The zero-order valence-electron chi connectivity index (χ0n) is 5.93. The van der Waals surface area contributed by atoms with E-state index in [9.17, 15) is 13.6 Å². The number of ketones is 1. The Labute approximate surface area is 58.2 Å². The molecule has 0 heterocycles. The van der Waals surface area contributed by atoms with E-state index in [2.05, 4.69) is 4.74 Å². The fraction of sp³-hybridized carbons (Fsp3) is 0.833. The molecule has 0 radical (unpaired) electrons. The van der Waals surface area contributed by atoms with Gasteiger partial charge in [0, 0.05) is 7.11 Å². The molecular weight excluding hydrogens is 142 g/mol. The zero-order chi connectivity index (χ0) is 8.15. The van der Waals surface area contributed by atoms with Gasteiger partial charge >= 0.3 is 0 Å². The summed E-state index contributed by atoms with van der Waals surface area (Å²) in [7, 11) is 1.24. The lowest BCUT2D eigenvalue weighted by Gasteiger charge is -2.09. The SMILES string of the molecule is CCC(OC)C(=O)C(F)F. The molecule has 4 heteroatoms. The monoisotopic (exact) mass is 152 g/mol. The number of carbonyl (C=O) groups excluding carboxylic acids is 1. The third-order valence-corrected chi connectivity index (χ3v) is 1.19. The standard InChI is InChI=1S/C6H10F2O2/c1-3-4(10-2)5(9)6(7)8/h4,6H,3H2,1-2H3. The highest BCUT2D eigenvalue weighted by atomic mass is 19.3. The first-order chi connectivity index (χ1) is 4.63. The van der Waals surface area contributed by atoms with Gasteiger partial charge in [-0.3, -0.25) is 4.79 Å². The van der Waals surface area contributed by atoms with E-state index in [1.807, 2.05) is 0 Å². The summed E-state index contributed by atoms with van der Waals surface area (Å²) in [6.07, 6.45) is -3.57. The molecule has 0 N–H and O–H groups in total. The molecule has 0 saturated heterocycles. The number of halogens is 2. The van der Waals surface area contributed by atoms with E-state index in [-0.39, 0.29) is 0 Å². The van der Waals surface area contributed by atoms with Gasteiger partial charge in [-0.15, -0.1) is 0 Å². The van der Waals surface area contributed by atoms with Crippen LogP contribution >= 0.6 is 0 Å². The van der Waals surface area contributed by atoms with Gasteiger partial charge in [0.25, 0.3) is 6.43 Å². The van der Waals surface area contributed by atoms with Crippen molar-refractivity contribution in [3.05, 3.63) is 0 Å². The third kappa shape index (κ3) is 2.39. The van der Waals surface area contributed by atoms with Crippen molar-refractivity contribution in [3.8, 4) is 0 Å². The molecule has 0 spiro atoms. The Morgan fingerprint density at radius 2 is 2.10 bits per heavy atom. The lowest BCUT2D eigenvalue weighted by molar-refractivity contribution is -0.140. The lowest BCUT2D eigenvalue weighted by Crippen LogP contribution is -2.27. The summed E-state index contributed by atoms with van der Waals surface area (Å²) in [4.78, 5) is 10.4. The quantitative estimate of drug-likeness (QED) is 0.605. The van der Waals surface area contributed by atoms with Crippen LogP contribution in [0.4, 0.5) is 8.78 Å². The van der Waals surface area contributed by atoms with Crippen molar-refractivity contribution < 1.29 is 18.3 Å². The van der Waals surface area contributed by atoms with Gasteiger partial charge in [0.05, 0.1) is 0 Å². The van der Waals surface area contributed by atoms with Crippen LogP contribution in [0.25, 0.3) is 0 Å². The van der Waals surface area contributed by atoms with Crippen molar-refractivity contribution in [2.45, 2.75) is 25.9 Å². The van der Waals surface area contributed by atoms with Crippen molar-refractivity contribution in [1.82, 2.24) is 0 Å². The van der Waals surface area contributed by atoms with Crippen LogP contribution < -0.4 is 0 Å².